The molecule has 0 aliphatic rings. The number of aliphatic carboxylic acids is 1. The van der Waals surface area contributed by atoms with Crippen molar-refractivity contribution >= 4 is 17.7 Å². The van der Waals surface area contributed by atoms with Gasteiger partial charge < -0.3 is 16.2 Å². The van der Waals surface area contributed by atoms with Gasteiger partial charge in [0.25, 0.3) is 5.91 Å². The first-order chi connectivity index (χ1) is 14.3. The van der Waals surface area contributed by atoms with Crippen LogP contribution in [0.15, 0.2) is 48.5 Å². The van der Waals surface area contributed by atoms with Crippen molar-refractivity contribution in [1.29, 1.82) is 5.26 Å². The Morgan fingerprint density at radius 1 is 1.27 bits per heavy atom. The highest BCUT2D eigenvalue weighted by Crippen LogP contribution is 2.25. The molecule has 1 atom stereocenters. The van der Waals surface area contributed by atoms with Crippen LogP contribution in [0.3, 0.4) is 0 Å². The van der Waals surface area contributed by atoms with E-state index in [9.17, 15) is 24.3 Å². The van der Waals surface area contributed by atoms with E-state index in [-0.39, 0.29) is 29.2 Å². The van der Waals surface area contributed by atoms with Gasteiger partial charge in [-0.2, -0.15) is 10.4 Å². The minimum absolute atomic E-state index is 0.0217. The average Bonchev–Trinajstić information content (AvgIpc) is 3.04. The van der Waals surface area contributed by atoms with Gasteiger partial charge >= 0.3 is 5.97 Å². The Morgan fingerprint density at radius 2 is 1.93 bits per heavy atom. The van der Waals surface area contributed by atoms with Crippen LogP contribution in [0.1, 0.15) is 39.6 Å². The Hall–Kier alpha value is -4.19. The van der Waals surface area contributed by atoms with Crippen molar-refractivity contribution < 1.29 is 19.1 Å². The van der Waals surface area contributed by atoms with E-state index in [1.807, 2.05) is 6.07 Å². The number of carboxylic acids is 1. The molecule has 9 heteroatoms. The summed E-state index contributed by atoms with van der Waals surface area (Å²) in [5.41, 5.74) is 6.78. The second-order valence-electron chi connectivity index (χ2n) is 6.56. The maximum absolute atomic E-state index is 14.2. The predicted molar refractivity (Wildman–Crippen MR) is 106 cm³/mol. The van der Waals surface area contributed by atoms with Gasteiger partial charge in [-0.3, -0.25) is 9.59 Å². The van der Waals surface area contributed by atoms with E-state index in [0.717, 1.165) is 10.2 Å². The lowest BCUT2D eigenvalue weighted by atomic mass is 9.98. The summed E-state index contributed by atoms with van der Waals surface area (Å²) in [6.07, 6.45) is -0.373. The summed E-state index contributed by atoms with van der Waals surface area (Å²) in [6, 6.07) is 13.6. The number of nitriles is 1. The van der Waals surface area contributed by atoms with Gasteiger partial charge in [-0.1, -0.05) is 36.4 Å². The number of carbonyl (C=O) groups is 2. The van der Waals surface area contributed by atoms with Crippen molar-refractivity contribution in [2.75, 3.05) is 5.73 Å². The normalized spacial score (nSPS) is 11.5. The first-order valence-electron chi connectivity index (χ1n) is 8.95. The van der Waals surface area contributed by atoms with Crippen LogP contribution in [-0.4, -0.2) is 26.8 Å². The second kappa shape index (κ2) is 8.45. The summed E-state index contributed by atoms with van der Waals surface area (Å²) < 4.78 is 15.1. The van der Waals surface area contributed by atoms with Crippen LogP contribution in [0.4, 0.5) is 10.2 Å². The number of nitrogens with two attached hydrogens (primary N) is 1. The third kappa shape index (κ3) is 3.98. The molecule has 2 aromatic carbocycles. The Bertz CT molecular complexity index is 1170. The highest BCUT2D eigenvalue weighted by Gasteiger charge is 2.27. The van der Waals surface area contributed by atoms with Crippen molar-refractivity contribution in [3.8, 4) is 11.8 Å². The van der Waals surface area contributed by atoms with E-state index < -0.39 is 23.7 Å². The zero-order valence-electron chi connectivity index (χ0n) is 16.0. The summed E-state index contributed by atoms with van der Waals surface area (Å²) in [7, 11) is 0. The smallest absolute Gasteiger partial charge is 0.305 e. The zero-order valence-corrected chi connectivity index (χ0v) is 16.0. The maximum atomic E-state index is 14.2. The molecule has 0 saturated heterocycles. The Kier molecular flexibility index (Phi) is 5.78. The molecule has 0 spiro atoms. The van der Waals surface area contributed by atoms with Crippen molar-refractivity contribution in [2.24, 2.45) is 0 Å². The topological polar surface area (TPSA) is 134 Å². The van der Waals surface area contributed by atoms with Gasteiger partial charge in [0.15, 0.2) is 5.69 Å². The minimum atomic E-state index is -1.11. The number of nitrogen functional groups attached to an aromatic ring is 1. The molecule has 1 amide bonds. The lowest BCUT2D eigenvalue weighted by Gasteiger charge is -2.19. The van der Waals surface area contributed by atoms with Gasteiger partial charge in [-0.15, -0.1) is 0 Å². The highest BCUT2D eigenvalue weighted by molar-refractivity contribution is 5.96. The van der Waals surface area contributed by atoms with Gasteiger partial charge in [0.1, 0.15) is 29.0 Å². The molecule has 1 unspecified atom stereocenters. The fourth-order valence-electron chi connectivity index (χ4n) is 3.13. The molecule has 0 aliphatic heterocycles. The lowest BCUT2D eigenvalue weighted by molar-refractivity contribution is -0.137. The molecule has 1 heterocycles. The number of aromatic nitrogens is 2. The van der Waals surface area contributed by atoms with Gasteiger partial charge in [0.05, 0.1) is 12.5 Å². The van der Waals surface area contributed by atoms with Crippen molar-refractivity contribution in [3.05, 3.63) is 76.7 Å². The molecule has 1 aromatic heterocycles. The molecule has 8 nitrogen and oxygen atoms in total. The van der Waals surface area contributed by atoms with E-state index in [1.54, 1.807) is 37.3 Å². The molecule has 30 heavy (non-hydrogen) atoms. The average molecular weight is 407 g/mol. The largest absolute Gasteiger partial charge is 0.481 e. The number of hydrogen-bond donors (Lipinski definition) is 3. The number of halogens is 1. The molecular formula is C21H18FN5O3. The van der Waals surface area contributed by atoms with Crippen LogP contribution >= 0.6 is 0 Å². The fraction of sp³-hybridized carbons (Fsp3) is 0.143. The van der Waals surface area contributed by atoms with Crippen LogP contribution in [0.25, 0.3) is 5.69 Å². The van der Waals surface area contributed by atoms with Crippen LogP contribution in [0.5, 0.6) is 0 Å². The van der Waals surface area contributed by atoms with E-state index in [4.69, 9.17) is 5.73 Å². The molecule has 0 radical (unpaired) electrons. The van der Waals surface area contributed by atoms with E-state index in [0.29, 0.717) is 5.56 Å². The van der Waals surface area contributed by atoms with Crippen LogP contribution in [-0.2, 0) is 4.79 Å². The third-order valence-electron chi connectivity index (χ3n) is 4.58. The van der Waals surface area contributed by atoms with Crippen molar-refractivity contribution in [1.82, 2.24) is 15.1 Å². The van der Waals surface area contributed by atoms with E-state index in [2.05, 4.69) is 10.4 Å². The van der Waals surface area contributed by atoms with Crippen molar-refractivity contribution in [3.63, 3.8) is 0 Å². The lowest BCUT2D eigenvalue weighted by Crippen LogP contribution is -2.31. The molecule has 4 N–H and O–H groups in total. The highest BCUT2D eigenvalue weighted by atomic mass is 19.1. The molecule has 0 saturated carbocycles. The standard InChI is InChI=1S/C21H18FN5O3/c1-12-6-2-3-7-13(12)16(10-18(28)29)25-21(30)19-14(11-23)20(24)27(26-19)17-9-5-4-8-15(17)22/h2-9,16H,10,24H2,1H3,(H,25,30)(H,28,29). The molecule has 0 bridgehead atoms. The summed E-state index contributed by atoms with van der Waals surface area (Å²) >= 11 is 0. The number of hydrogen-bond acceptors (Lipinski definition) is 5. The number of aryl methyl sites for hydroxylation is 1. The molecule has 152 valence electrons. The molecule has 3 aromatic rings. The first kappa shape index (κ1) is 20.5. The molecular weight excluding hydrogens is 389 g/mol. The number of carbonyl (C=O) groups excluding carboxylic acids is 1. The van der Waals surface area contributed by atoms with Crippen molar-refractivity contribution in [2.45, 2.75) is 19.4 Å². The molecule has 0 aliphatic carbocycles. The summed E-state index contributed by atoms with van der Waals surface area (Å²) in [5.74, 6) is -2.73. The SMILES string of the molecule is Cc1ccccc1C(CC(=O)O)NC(=O)c1nn(-c2ccccc2F)c(N)c1C#N. The third-order valence-corrected chi connectivity index (χ3v) is 4.58. The Balaban J connectivity index is 2.01. The maximum Gasteiger partial charge on any atom is 0.305 e. The van der Waals surface area contributed by atoms with Gasteiger partial charge in [0.2, 0.25) is 0 Å². The number of benzene rings is 2. The Labute approximate surface area is 171 Å². The second-order valence-corrected chi connectivity index (χ2v) is 6.56. The Morgan fingerprint density at radius 3 is 2.57 bits per heavy atom. The summed E-state index contributed by atoms with van der Waals surface area (Å²) in [6.45, 7) is 1.79. The van der Waals surface area contributed by atoms with Gasteiger partial charge in [-0.25, -0.2) is 9.07 Å². The number of rotatable bonds is 6. The van der Waals surface area contributed by atoms with Crippen LogP contribution < -0.4 is 11.1 Å². The number of nitrogens with zero attached hydrogens (tertiary/aromatic N) is 3. The quantitative estimate of drug-likeness (QED) is 0.575. The monoisotopic (exact) mass is 407 g/mol. The first-order valence-corrected chi connectivity index (χ1v) is 8.95. The minimum Gasteiger partial charge on any atom is -0.481 e. The fourth-order valence-corrected chi connectivity index (χ4v) is 3.13. The van der Waals surface area contributed by atoms with Crippen LogP contribution in [0, 0.1) is 24.1 Å². The van der Waals surface area contributed by atoms with E-state index in [1.165, 1.54) is 18.2 Å². The van der Waals surface area contributed by atoms with Gasteiger partial charge in [0, 0.05) is 0 Å². The zero-order chi connectivity index (χ0) is 21.8. The number of nitrogens with one attached hydrogen (secondary N) is 1. The van der Waals surface area contributed by atoms with Crippen LogP contribution in [0.2, 0.25) is 0 Å². The number of para-hydroxylation sites is 1. The van der Waals surface area contributed by atoms with E-state index >= 15 is 0 Å². The van der Waals surface area contributed by atoms with Gasteiger partial charge in [-0.05, 0) is 30.2 Å². The summed E-state index contributed by atoms with van der Waals surface area (Å²) in [4.78, 5) is 24.2. The number of carboxylic acid groups (broad SMARTS) is 1. The molecule has 0 fully saturated rings. The molecule has 3 rings (SSSR count). The summed E-state index contributed by atoms with van der Waals surface area (Å²) in [5, 5.41) is 25.4. The number of amides is 1. The predicted octanol–water partition coefficient (Wildman–Crippen LogP) is 2.72. The number of anilines is 1.